The molecule has 0 spiro atoms. The van der Waals surface area contributed by atoms with Gasteiger partial charge in [0.25, 0.3) is 5.91 Å². The molecule has 0 fully saturated rings. The molecule has 0 bridgehead atoms. The molecule has 0 N–H and O–H groups in total. The molecule has 1 atom stereocenters. The lowest BCUT2D eigenvalue weighted by molar-refractivity contribution is 0.0636. The highest BCUT2D eigenvalue weighted by Gasteiger charge is 2.23. The van der Waals surface area contributed by atoms with Crippen LogP contribution in [0.2, 0.25) is 5.02 Å². The largest absolute Gasteiger partial charge is 0.486 e. The van der Waals surface area contributed by atoms with Crippen molar-refractivity contribution in [2.75, 3.05) is 0 Å². The van der Waals surface area contributed by atoms with E-state index in [4.69, 9.17) is 20.8 Å². The van der Waals surface area contributed by atoms with E-state index in [1.54, 1.807) is 29.2 Å². The molecule has 2 heterocycles. The number of aromatic nitrogens is 1. The Morgan fingerprint density at radius 1 is 1.33 bits per heavy atom. The van der Waals surface area contributed by atoms with E-state index in [0.29, 0.717) is 23.9 Å². The smallest absolute Gasteiger partial charge is 0.290 e. The van der Waals surface area contributed by atoms with Crippen LogP contribution in [0.3, 0.4) is 0 Å². The van der Waals surface area contributed by atoms with Crippen molar-refractivity contribution in [3.63, 3.8) is 0 Å². The van der Waals surface area contributed by atoms with Crippen LogP contribution in [0.5, 0.6) is 5.75 Å². The minimum Gasteiger partial charge on any atom is -0.486 e. The quantitative estimate of drug-likeness (QED) is 0.503. The summed E-state index contributed by atoms with van der Waals surface area (Å²) in [5, 5.41) is 3.49. The van der Waals surface area contributed by atoms with Gasteiger partial charge >= 0.3 is 0 Å². The molecular formula is C20H21ClN2O3S. The highest BCUT2D eigenvalue weighted by Crippen LogP contribution is 2.20. The van der Waals surface area contributed by atoms with E-state index < -0.39 is 0 Å². The van der Waals surface area contributed by atoms with Gasteiger partial charge in [-0.15, -0.1) is 11.3 Å². The summed E-state index contributed by atoms with van der Waals surface area (Å²) < 4.78 is 11.0. The lowest BCUT2D eigenvalue weighted by Gasteiger charge is -2.27. The summed E-state index contributed by atoms with van der Waals surface area (Å²) in [4.78, 5) is 19.1. The van der Waals surface area contributed by atoms with Gasteiger partial charge in [0.1, 0.15) is 17.4 Å². The van der Waals surface area contributed by atoms with Gasteiger partial charge in [-0.3, -0.25) is 4.79 Å². The first kappa shape index (κ1) is 19.5. The molecule has 0 aliphatic heterocycles. The van der Waals surface area contributed by atoms with Crippen LogP contribution in [0, 0.1) is 0 Å². The Kier molecular flexibility index (Phi) is 6.53. The normalized spacial score (nSPS) is 12.0. The SMILES string of the molecule is CC[C@H](C)N(Cc1csc(COc2ccc(Cl)cc2)n1)C(=O)c1ccco1. The van der Waals surface area contributed by atoms with E-state index in [1.807, 2.05) is 24.4 Å². The molecule has 0 aliphatic carbocycles. The van der Waals surface area contributed by atoms with Crippen LogP contribution in [-0.2, 0) is 13.2 Å². The molecule has 0 saturated heterocycles. The average molecular weight is 405 g/mol. The first-order valence-corrected chi connectivity index (χ1v) is 9.98. The van der Waals surface area contributed by atoms with Crippen LogP contribution >= 0.6 is 22.9 Å². The van der Waals surface area contributed by atoms with Gasteiger partial charge in [-0.05, 0) is 49.7 Å². The summed E-state index contributed by atoms with van der Waals surface area (Å²) >= 11 is 7.39. The predicted molar refractivity (Wildman–Crippen MR) is 106 cm³/mol. The summed E-state index contributed by atoms with van der Waals surface area (Å²) in [6.07, 6.45) is 2.36. The van der Waals surface area contributed by atoms with Crippen molar-refractivity contribution in [1.82, 2.24) is 9.88 Å². The van der Waals surface area contributed by atoms with Crippen molar-refractivity contribution in [3.8, 4) is 5.75 Å². The molecule has 0 saturated carbocycles. The monoisotopic (exact) mass is 404 g/mol. The number of hydrogen-bond donors (Lipinski definition) is 0. The maximum Gasteiger partial charge on any atom is 0.290 e. The Bertz CT molecular complexity index is 862. The molecule has 1 amide bonds. The summed E-state index contributed by atoms with van der Waals surface area (Å²) in [6, 6.07) is 10.7. The van der Waals surface area contributed by atoms with E-state index in [0.717, 1.165) is 22.9 Å². The third kappa shape index (κ3) is 5.11. The van der Waals surface area contributed by atoms with Gasteiger partial charge in [-0.1, -0.05) is 18.5 Å². The summed E-state index contributed by atoms with van der Waals surface area (Å²) in [6.45, 7) is 4.89. The number of halogens is 1. The standard InChI is InChI=1S/C20H21ClN2O3S/c1-3-14(2)23(20(24)18-5-4-10-25-18)11-16-13-27-19(22-16)12-26-17-8-6-15(21)7-9-17/h4-10,13-14H,3,11-12H2,1-2H3/t14-/m0/s1. The summed E-state index contributed by atoms with van der Waals surface area (Å²) in [7, 11) is 0. The van der Waals surface area contributed by atoms with Crippen molar-refractivity contribution in [2.24, 2.45) is 0 Å². The highest BCUT2D eigenvalue weighted by molar-refractivity contribution is 7.09. The van der Waals surface area contributed by atoms with Gasteiger partial charge in [0, 0.05) is 16.4 Å². The van der Waals surface area contributed by atoms with Gasteiger partial charge in [0.2, 0.25) is 0 Å². The lowest BCUT2D eigenvalue weighted by atomic mass is 10.2. The number of ether oxygens (including phenoxy) is 1. The number of furan rings is 1. The fourth-order valence-corrected chi connectivity index (χ4v) is 3.35. The zero-order chi connectivity index (χ0) is 19.2. The van der Waals surface area contributed by atoms with E-state index in [1.165, 1.54) is 17.6 Å². The van der Waals surface area contributed by atoms with Gasteiger partial charge in [-0.25, -0.2) is 4.98 Å². The first-order valence-electron chi connectivity index (χ1n) is 8.73. The van der Waals surface area contributed by atoms with E-state index in [9.17, 15) is 4.79 Å². The van der Waals surface area contributed by atoms with E-state index in [2.05, 4.69) is 11.9 Å². The summed E-state index contributed by atoms with van der Waals surface area (Å²) in [5.41, 5.74) is 0.843. The number of benzene rings is 1. The second-order valence-corrected chi connectivity index (χ2v) is 7.52. The number of carbonyl (C=O) groups is 1. The minimum absolute atomic E-state index is 0.0815. The third-order valence-corrected chi connectivity index (χ3v) is 5.35. The van der Waals surface area contributed by atoms with Crippen molar-refractivity contribution >= 4 is 28.8 Å². The zero-order valence-electron chi connectivity index (χ0n) is 15.2. The number of carbonyl (C=O) groups excluding carboxylic acids is 1. The third-order valence-electron chi connectivity index (χ3n) is 4.22. The Balaban J connectivity index is 1.64. The molecule has 0 radical (unpaired) electrons. The van der Waals surface area contributed by atoms with Crippen LogP contribution < -0.4 is 4.74 Å². The number of amides is 1. The van der Waals surface area contributed by atoms with Crippen LogP contribution in [0.1, 0.15) is 41.5 Å². The number of nitrogens with zero attached hydrogens (tertiary/aromatic N) is 2. The maximum atomic E-state index is 12.7. The molecule has 7 heteroatoms. The van der Waals surface area contributed by atoms with E-state index >= 15 is 0 Å². The van der Waals surface area contributed by atoms with Crippen LogP contribution in [0.25, 0.3) is 0 Å². The lowest BCUT2D eigenvalue weighted by Crippen LogP contribution is -2.37. The number of thiazole rings is 1. The van der Waals surface area contributed by atoms with Crippen molar-refractivity contribution < 1.29 is 13.9 Å². The molecule has 142 valence electrons. The zero-order valence-corrected chi connectivity index (χ0v) is 16.8. The predicted octanol–water partition coefficient (Wildman–Crippen LogP) is 5.41. The van der Waals surface area contributed by atoms with Crippen molar-refractivity contribution in [1.29, 1.82) is 0 Å². The highest BCUT2D eigenvalue weighted by atomic mass is 35.5. The van der Waals surface area contributed by atoms with E-state index in [-0.39, 0.29) is 11.9 Å². The second-order valence-electron chi connectivity index (χ2n) is 6.14. The number of rotatable bonds is 8. The minimum atomic E-state index is -0.124. The Labute approximate surface area is 167 Å². The molecule has 3 rings (SSSR count). The van der Waals surface area contributed by atoms with Gasteiger partial charge in [0.05, 0.1) is 18.5 Å². The Hall–Kier alpha value is -2.31. The van der Waals surface area contributed by atoms with Crippen LogP contribution in [-0.4, -0.2) is 21.8 Å². The summed E-state index contributed by atoms with van der Waals surface area (Å²) in [5.74, 6) is 0.962. The van der Waals surface area contributed by atoms with Gasteiger partial charge in [-0.2, -0.15) is 0 Å². The molecular weight excluding hydrogens is 384 g/mol. The first-order chi connectivity index (χ1) is 13.1. The van der Waals surface area contributed by atoms with Crippen LogP contribution in [0.15, 0.2) is 52.5 Å². The molecule has 2 aromatic heterocycles. The van der Waals surface area contributed by atoms with Gasteiger partial charge in [0.15, 0.2) is 5.76 Å². The van der Waals surface area contributed by atoms with Crippen molar-refractivity contribution in [2.45, 2.75) is 39.5 Å². The Morgan fingerprint density at radius 3 is 2.78 bits per heavy atom. The average Bonchev–Trinajstić information content (AvgIpc) is 3.36. The fraction of sp³-hybridized carbons (Fsp3) is 0.300. The topological polar surface area (TPSA) is 55.6 Å². The molecule has 0 unspecified atom stereocenters. The second kappa shape index (κ2) is 9.06. The molecule has 27 heavy (non-hydrogen) atoms. The molecule has 3 aromatic rings. The van der Waals surface area contributed by atoms with Crippen molar-refractivity contribution in [3.05, 3.63) is 69.5 Å². The Morgan fingerprint density at radius 2 is 2.11 bits per heavy atom. The molecule has 5 nitrogen and oxygen atoms in total. The van der Waals surface area contributed by atoms with Gasteiger partial charge < -0.3 is 14.1 Å². The van der Waals surface area contributed by atoms with Crippen LogP contribution in [0.4, 0.5) is 0 Å². The molecule has 0 aliphatic rings. The fourth-order valence-electron chi connectivity index (χ4n) is 2.53. The molecule has 1 aromatic carbocycles. The number of hydrogen-bond acceptors (Lipinski definition) is 5. The maximum absolute atomic E-state index is 12.7.